The Hall–Kier alpha value is -1.32. The third-order valence-electron chi connectivity index (χ3n) is 1.74. The molecule has 1 heterocycles. The Labute approximate surface area is 71.0 Å². The van der Waals surface area contributed by atoms with Gasteiger partial charge in [0.15, 0.2) is 0 Å². The fraction of sp³-hybridized carbons (Fsp3) is 0.500. The van der Waals surface area contributed by atoms with E-state index in [1.54, 1.807) is 6.92 Å². The lowest BCUT2D eigenvalue weighted by atomic mass is 10.3. The third-order valence-corrected chi connectivity index (χ3v) is 1.74. The molecule has 0 fully saturated rings. The Balaban J connectivity index is 3.13. The quantitative estimate of drug-likeness (QED) is 0.685. The van der Waals surface area contributed by atoms with Gasteiger partial charge in [0.05, 0.1) is 0 Å². The first-order valence-electron chi connectivity index (χ1n) is 3.96. The molecule has 1 aromatic rings. The molecule has 0 aromatic carbocycles. The van der Waals surface area contributed by atoms with Crippen molar-refractivity contribution >= 4 is 5.95 Å². The van der Waals surface area contributed by atoms with E-state index >= 15 is 0 Å². The van der Waals surface area contributed by atoms with Crippen LogP contribution in [0.4, 0.5) is 5.95 Å². The molecule has 1 rings (SSSR count). The molecule has 2 N–H and O–H groups in total. The fourth-order valence-corrected chi connectivity index (χ4v) is 0.896. The Morgan fingerprint density at radius 2 is 2.17 bits per heavy atom. The lowest BCUT2D eigenvalue weighted by Crippen LogP contribution is -2.16. The molecule has 4 heteroatoms. The van der Waals surface area contributed by atoms with Crippen molar-refractivity contribution in [3.05, 3.63) is 21.6 Å². The first kappa shape index (κ1) is 8.77. The van der Waals surface area contributed by atoms with Gasteiger partial charge in [0.25, 0.3) is 5.56 Å². The maximum Gasteiger partial charge on any atom is 0.255 e. The highest BCUT2D eigenvalue weighted by Crippen LogP contribution is 1.99. The van der Waals surface area contributed by atoms with Crippen LogP contribution in [0.3, 0.4) is 0 Å². The van der Waals surface area contributed by atoms with Gasteiger partial charge in [-0.25, -0.2) is 4.98 Å². The van der Waals surface area contributed by atoms with E-state index in [4.69, 9.17) is 0 Å². The molecule has 0 radical (unpaired) electrons. The molecule has 0 bridgehead atoms. The zero-order chi connectivity index (χ0) is 9.14. The van der Waals surface area contributed by atoms with Gasteiger partial charge in [-0.3, -0.25) is 9.78 Å². The zero-order valence-corrected chi connectivity index (χ0v) is 7.56. The molecule has 4 nitrogen and oxygen atoms in total. The number of anilines is 1. The van der Waals surface area contributed by atoms with Crippen LogP contribution in [0.1, 0.15) is 18.2 Å². The summed E-state index contributed by atoms with van der Waals surface area (Å²) < 4.78 is 0. The Morgan fingerprint density at radius 1 is 1.50 bits per heavy atom. The Bertz CT molecular complexity index is 330. The average Bonchev–Trinajstić information content (AvgIpc) is 2.01. The lowest BCUT2D eigenvalue weighted by molar-refractivity contribution is 0.998. The molecule has 12 heavy (non-hydrogen) atoms. The first-order chi connectivity index (χ1) is 5.65. The van der Waals surface area contributed by atoms with Crippen LogP contribution in [0.2, 0.25) is 0 Å². The summed E-state index contributed by atoms with van der Waals surface area (Å²) in [6.07, 6.45) is 0. The van der Waals surface area contributed by atoms with E-state index < -0.39 is 0 Å². The highest BCUT2D eigenvalue weighted by Gasteiger charge is 2.01. The summed E-state index contributed by atoms with van der Waals surface area (Å²) >= 11 is 0. The smallest absolute Gasteiger partial charge is 0.255 e. The van der Waals surface area contributed by atoms with Crippen LogP contribution in [0.15, 0.2) is 4.79 Å². The van der Waals surface area contributed by atoms with Crippen LogP contribution in [0.5, 0.6) is 0 Å². The highest BCUT2D eigenvalue weighted by atomic mass is 16.1. The highest BCUT2D eigenvalue weighted by molar-refractivity contribution is 5.28. The van der Waals surface area contributed by atoms with Gasteiger partial charge in [-0.2, -0.15) is 0 Å². The van der Waals surface area contributed by atoms with Crippen molar-refractivity contribution in [1.29, 1.82) is 0 Å². The van der Waals surface area contributed by atoms with Crippen LogP contribution in [0.25, 0.3) is 0 Å². The van der Waals surface area contributed by atoms with E-state index in [2.05, 4.69) is 15.3 Å². The number of H-pyrrole nitrogens is 1. The van der Waals surface area contributed by atoms with E-state index in [1.807, 2.05) is 13.8 Å². The van der Waals surface area contributed by atoms with Crippen molar-refractivity contribution in [2.24, 2.45) is 0 Å². The average molecular weight is 167 g/mol. The minimum atomic E-state index is -0.0709. The van der Waals surface area contributed by atoms with Gasteiger partial charge in [0.2, 0.25) is 5.95 Å². The van der Waals surface area contributed by atoms with Crippen LogP contribution < -0.4 is 10.9 Å². The summed E-state index contributed by atoms with van der Waals surface area (Å²) in [6, 6.07) is 0. The van der Waals surface area contributed by atoms with E-state index in [1.165, 1.54) is 0 Å². The summed E-state index contributed by atoms with van der Waals surface area (Å²) in [7, 11) is 0. The van der Waals surface area contributed by atoms with E-state index in [-0.39, 0.29) is 5.56 Å². The van der Waals surface area contributed by atoms with Gasteiger partial charge >= 0.3 is 0 Å². The molecule has 1 aromatic heterocycles. The summed E-state index contributed by atoms with van der Waals surface area (Å²) in [5.74, 6) is 0.547. The molecule has 0 aliphatic rings. The molecule has 0 saturated heterocycles. The maximum atomic E-state index is 11.2. The maximum absolute atomic E-state index is 11.2. The number of aromatic nitrogens is 2. The van der Waals surface area contributed by atoms with Crippen molar-refractivity contribution in [2.75, 3.05) is 11.9 Å². The van der Waals surface area contributed by atoms with Crippen molar-refractivity contribution in [2.45, 2.75) is 20.8 Å². The van der Waals surface area contributed by atoms with Crippen LogP contribution in [-0.4, -0.2) is 16.5 Å². The van der Waals surface area contributed by atoms with Gasteiger partial charge in [0, 0.05) is 17.8 Å². The second-order valence-corrected chi connectivity index (χ2v) is 2.66. The number of rotatable bonds is 2. The molecule has 66 valence electrons. The van der Waals surface area contributed by atoms with E-state index in [0.29, 0.717) is 11.5 Å². The molecular weight excluding hydrogens is 154 g/mol. The number of nitrogens with zero attached hydrogens (tertiary/aromatic N) is 1. The topological polar surface area (TPSA) is 57.8 Å². The fourth-order valence-electron chi connectivity index (χ4n) is 0.896. The number of nitrogens with one attached hydrogen (secondary N) is 2. The molecule has 0 atom stereocenters. The van der Waals surface area contributed by atoms with E-state index in [9.17, 15) is 4.79 Å². The zero-order valence-electron chi connectivity index (χ0n) is 7.56. The molecular formula is C8H13N3O. The van der Waals surface area contributed by atoms with Gasteiger partial charge in [-0.05, 0) is 20.8 Å². The Morgan fingerprint density at radius 3 is 2.67 bits per heavy atom. The van der Waals surface area contributed by atoms with Gasteiger partial charge in [-0.15, -0.1) is 0 Å². The molecule has 0 aliphatic heterocycles. The number of aromatic amines is 1. The number of aryl methyl sites for hydroxylation is 1. The minimum absolute atomic E-state index is 0.0709. The molecule has 0 saturated carbocycles. The number of hydrogen-bond donors (Lipinski definition) is 2. The first-order valence-corrected chi connectivity index (χ1v) is 3.96. The lowest BCUT2D eigenvalue weighted by Gasteiger charge is -2.03. The normalized spacial score (nSPS) is 9.92. The van der Waals surface area contributed by atoms with Crippen LogP contribution in [-0.2, 0) is 0 Å². The van der Waals surface area contributed by atoms with Crippen molar-refractivity contribution in [3.63, 3.8) is 0 Å². The largest absolute Gasteiger partial charge is 0.356 e. The molecule has 0 unspecified atom stereocenters. The van der Waals surface area contributed by atoms with Gasteiger partial charge < -0.3 is 5.32 Å². The summed E-state index contributed by atoms with van der Waals surface area (Å²) in [5.41, 5.74) is 1.38. The summed E-state index contributed by atoms with van der Waals surface area (Å²) in [5, 5.41) is 2.95. The van der Waals surface area contributed by atoms with E-state index in [0.717, 1.165) is 12.2 Å². The molecule has 0 aliphatic carbocycles. The van der Waals surface area contributed by atoms with Crippen molar-refractivity contribution < 1.29 is 0 Å². The van der Waals surface area contributed by atoms with Crippen molar-refractivity contribution in [3.8, 4) is 0 Å². The predicted octanol–water partition coefficient (Wildman–Crippen LogP) is 0.819. The van der Waals surface area contributed by atoms with Gasteiger partial charge in [0.1, 0.15) is 0 Å². The van der Waals surface area contributed by atoms with Crippen LogP contribution >= 0.6 is 0 Å². The second-order valence-electron chi connectivity index (χ2n) is 2.66. The third kappa shape index (κ3) is 1.64. The summed E-state index contributed by atoms with van der Waals surface area (Å²) in [6.45, 7) is 6.29. The monoisotopic (exact) mass is 167 g/mol. The molecule has 0 amide bonds. The number of hydrogen-bond acceptors (Lipinski definition) is 3. The Kier molecular flexibility index (Phi) is 2.47. The standard InChI is InChI=1S/C8H13N3O/c1-4-9-8-10-6(3)5(2)7(12)11-8/h4H2,1-3H3,(H2,9,10,11,12). The second kappa shape index (κ2) is 3.38. The summed E-state index contributed by atoms with van der Waals surface area (Å²) in [4.78, 5) is 18.0. The predicted molar refractivity (Wildman–Crippen MR) is 48.5 cm³/mol. The van der Waals surface area contributed by atoms with Crippen LogP contribution in [0, 0.1) is 13.8 Å². The van der Waals surface area contributed by atoms with Gasteiger partial charge in [-0.1, -0.05) is 0 Å². The van der Waals surface area contributed by atoms with Crippen molar-refractivity contribution in [1.82, 2.24) is 9.97 Å². The molecule has 0 spiro atoms. The minimum Gasteiger partial charge on any atom is -0.356 e. The SMILES string of the molecule is CCNc1nc(C)c(C)c(=O)[nH]1.